The summed E-state index contributed by atoms with van der Waals surface area (Å²) in [6, 6.07) is 22.6. The zero-order chi connectivity index (χ0) is 25.1. The van der Waals surface area contributed by atoms with Gasteiger partial charge in [0.2, 0.25) is 10.0 Å². The van der Waals surface area contributed by atoms with Gasteiger partial charge in [0.25, 0.3) is 11.1 Å². The summed E-state index contributed by atoms with van der Waals surface area (Å²) in [6.45, 7) is 0.318. The average molecular weight is 519 g/mol. The first kappa shape index (κ1) is 23.9. The lowest BCUT2D eigenvalue weighted by Gasteiger charge is -2.23. The number of fused-ring (bicyclic) bond motifs is 1. The fourth-order valence-electron chi connectivity index (χ4n) is 3.88. The summed E-state index contributed by atoms with van der Waals surface area (Å²) in [4.78, 5) is 29.9. The number of rotatable bonds is 8. The first-order valence-corrected chi connectivity index (χ1v) is 13.5. The number of hydrogen-bond acceptors (Lipinski definition) is 6. The monoisotopic (exact) mass is 518 g/mol. The molecule has 5 rings (SSSR count). The maximum Gasteiger partial charge on any atom is 0.258 e. The minimum Gasteiger partial charge on any atom is -0.308 e. The number of nitrogens with zero attached hydrogens (tertiary/aromatic N) is 4. The molecule has 2 aromatic carbocycles. The van der Waals surface area contributed by atoms with Crippen LogP contribution in [0.3, 0.4) is 0 Å². The van der Waals surface area contributed by atoms with Gasteiger partial charge < -0.3 is 4.57 Å². The van der Waals surface area contributed by atoms with E-state index in [1.807, 2.05) is 60.7 Å². The quantitative estimate of drug-likeness (QED) is 0.314. The van der Waals surface area contributed by atoms with Crippen molar-refractivity contribution in [1.82, 2.24) is 18.3 Å². The molecule has 0 aliphatic heterocycles. The Balaban J connectivity index is 1.50. The smallest absolute Gasteiger partial charge is 0.258 e. The van der Waals surface area contributed by atoms with Crippen LogP contribution in [0.15, 0.2) is 111 Å². The van der Waals surface area contributed by atoms with Crippen LogP contribution < -0.4 is 11.1 Å². The van der Waals surface area contributed by atoms with Gasteiger partial charge in [0.1, 0.15) is 0 Å². The van der Waals surface area contributed by atoms with Crippen LogP contribution in [0.5, 0.6) is 0 Å². The first-order chi connectivity index (χ1) is 17.4. The summed E-state index contributed by atoms with van der Waals surface area (Å²) in [5.41, 5.74) is 1.42. The Kier molecular flexibility index (Phi) is 6.64. The molecule has 0 aliphatic rings. The molecule has 0 spiro atoms. The van der Waals surface area contributed by atoms with Gasteiger partial charge >= 0.3 is 0 Å². The highest BCUT2D eigenvalue weighted by molar-refractivity contribution is 7.89. The van der Waals surface area contributed by atoms with Crippen LogP contribution in [0.1, 0.15) is 16.8 Å². The van der Waals surface area contributed by atoms with E-state index in [4.69, 9.17) is 0 Å². The molecule has 3 aromatic heterocycles. The second kappa shape index (κ2) is 10.0. The average Bonchev–Trinajstić information content (AvgIpc) is 3.35. The van der Waals surface area contributed by atoms with Gasteiger partial charge in [-0.25, -0.2) is 13.4 Å². The lowest BCUT2D eigenvalue weighted by atomic mass is 10.2. The van der Waals surface area contributed by atoms with Crippen molar-refractivity contribution >= 4 is 26.3 Å². The van der Waals surface area contributed by atoms with Gasteiger partial charge in [-0.05, 0) is 17.2 Å². The molecule has 8 nitrogen and oxygen atoms in total. The molecule has 0 amide bonds. The molecule has 3 heterocycles. The molecule has 182 valence electrons. The molecule has 0 unspecified atom stereocenters. The van der Waals surface area contributed by atoms with Crippen molar-refractivity contribution in [2.24, 2.45) is 0 Å². The van der Waals surface area contributed by atoms with Crippen LogP contribution in [0.2, 0.25) is 0 Å². The molecule has 10 heteroatoms. The fourth-order valence-corrected chi connectivity index (χ4v) is 6.05. The van der Waals surface area contributed by atoms with E-state index in [-0.39, 0.29) is 35.6 Å². The number of aromatic nitrogens is 3. The minimum absolute atomic E-state index is 0.0112. The van der Waals surface area contributed by atoms with Crippen molar-refractivity contribution in [1.29, 1.82) is 0 Å². The van der Waals surface area contributed by atoms with E-state index in [0.717, 1.165) is 11.1 Å². The molecule has 0 bridgehead atoms. The maximum atomic E-state index is 13.8. The molecule has 36 heavy (non-hydrogen) atoms. The van der Waals surface area contributed by atoms with Crippen LogP contribution >= 0.6 is 11.3 Å². The third kappa shape index (κ3) is 5.06. The second-order valence-electron chi connectivity index (χ2n) is 8.22. The largest absolute Gasteiger partial charge is 0.308 e. The third-order valence-corrected chi connectivity index (χ3v) is 8.22. The summed E-state index contributed by atoms with van der Waals surface area (Å²) in [6.07, 6.45) is 2.95. The van der Waals surface area contributed by atoms with E-state index in [1.54, 1.807) is 11.6 Å². The molecule has 0 aliphatic carbocycles. The van der Waals surface area contributed by atoms with Crippen molar-refractivity contribution in [3.05, 3.63) is 134 Å². The normalized spacial score (nSPS) is 11.8. The lowest BCUT2D eigenvalue weighted by Crippen LogP contribution is -2.32. The van der Waals surface area contributed by atoms with Crippen LogP contribution in [0, 0.1) is 0 Å². The van der Waals surface area contributed by atoms with E-state index in [0.29, 0.717) is 10.7 Å². The Bertz CT molecular complexity index is 1690. The van der Waals surface area contributed by atoms with Crippen molar-refractivity contribution < 1.29 is 8.42 Å². The summed E-state index contributed by atoms with van der Waals surface area (Å²) < 4.78 is 31.7. The Morgan fingerprint density at radius 2 is 1.47 bits per heavy atom. The van der Waals surface area contributed by atoms with Crippen LogP contribution in [-0.2, 0) is 29.7 Å². The summed E-state index contributed by atoms with van der Waals surface area (Å²) in [5.74, 6) is 0. The van der Waals surface area contributed by atoms with Gasteiger partial charge in [-0.15, -0.1) is 11.3 Å². The highest BCUT2D eigenvalue weighted by Gasteiger charge is 2.26. The van der Waals surface area contributed by atoms with E-state index in [2.05, 4.69) is 4.98 Å². The number of hydrogen-bond donors (Lipinski definition) is 0. The Morgan fingerprint density at radius 1 is 0.833 bits per heavy atom. The topological polar surface area (TPSA) is 93.8 Å². The predicted molar refractivity (Wildman–Crippen MR) is 138 cm³/mol. The molecule has 0 atom stereocenters. The lowest BCUT2D eigenvalue weighted by molar-refractivity contribution is 0.400. The second-order valence-corrected chi connectivity index (χ2v) is 11.0. The van der Waals surface area contributed by atoms with Crippen molar-refractivity contribution in [2.45, 2.75) is 24.5 Å². The molecule has 0 saturated heterocycles. The molecule has 0 radical (unpaired) electrons. The minimum atomic E-state index is -3.97. The Morgan fingerprint density at radius 3 is 2.11 bits per heavy atom. The Labute approximate surface area is 211 Å². The van der Waals surface area contributed by atoms with Crippen molar-refractivity contribution in [3.8, 4) is 0 Å². The number of benzene rings is 2. The summed E-state index contributed by atoms with van der Waals surface area (Å²) in [7, 11) is -3.97. The van der Waals surface area contributed by atoms with E-state index in [9.17, 15) is 18.0 Å². The molecule has 0 saturated carbocycles. The van der Waals surface area contributed by atoms with Crippen LogP contribution in [-0.4, -0.2) is 26.7 Å². The van der Waals surface area contributed by atoms with Gasteiger partial charge in [-0.1, -0.05) is 60.7 Å². The molecular weight excluding hydrogens is 496 g/mol. The summed E-state index contributed by atoms with van der Waals surface area (Å²) >= 11 is 1.31. The third-order valence-electron chi connectivity index (χ3n) is 5.69. The zero-order valence-corrected chi connectivity index (χ0v) is 20.7. The van der Waals surface area contributed by atoms with Gasteiger partial charge in [0.05, 0.1) is 17.1 Å². The summed E-state index contributed by atoms with van der Waals surface area (Å²) in [5, 5.41) is 1.75. The van der Waals surface area contributed by atoms with Crippen molar-refractivity contribution in [2.75, 3.05) is 0 Å². The highest BCUT2D eigenvalue weighted by Crippen LogP contribution is 2.21. The van der Waals surface area contributed by atoms with Gasteiger partial charge in [-0.3, -0.25) is 14.0 Å². The van der Waals surface area contributed by atoms with Crippen LogP contribution in [0.25, 0.3) is 4.96 Å². The van der Waals surface area contributed by atoms with E-state index >= 15 is 0 Å². The molecule has 0 N–H and O–H groups in total. The number of thiazole rings is 1. The number of pyridine rings is 1. The predicted octanol–water partition coefficient (Wildman–Crippen LogP) is 3.36. The first-order valence-electron chi connectivity index (χ1n) is 11.1. The number of sulfonamides is 1. The fraction of sp³-hybridized carbons (Fsp3) is 0.115. The zero-order valence-electron chi connectivity index (χ0n) is 19.1. The molecular formula is C26H22N4O4S2. The molecule has 5 aromatic rings. The van der Waals surface area contributed by atoms with Gasteiger partial charge in [0, 0.05) is 43.0 Å². The SMILES string of the molecule is O=c1ccc(S(=O)(=O)N(Cc2ccccc2)Cc2ccccc2)cn1Cc1cc(=O)n2ccsc2n1. The van der Waals surface area contributed by atoms with Gasteiger partial charge in [0.15, 0.2) is 4.96 Å². The van der Waals surface area contributed by atoms with E-state index < -0.39 is 10.0 Å². The van der Waals surface area contributed by atoms with Crippen LogP contribution in [0.4, 0.5) is 0 Å². The van der Waals surface area contributed by atoms with Gasteiger partial charge in [-0.2, -0.15) is 4.31 Å². The standard InChI is InChI=1S/C26H22N4O4S2/c31-24-12-11-23(19-28(24)18-22-15-25(32)30-13-14-35-26(30)27-22)36(33,34)29(16-20-7-3-1-4-8-20)17-21-9-5-2-6-10-21/h1-15,19H,16-18H2. The highest BCUT2D eigenvalue weighted by atomic mass is 32.2. The molecule has 0 fully saturated rings. The maximum absolute atomic E-state index is 13.8. The van der Waals surface area contributed by atoms with Crippen molar-refractivity contribution in [3.63, 3.8) is 0 Å². The van der Waals surface area contributed by atoms with E-state index in [1.165, 1.54) is 49.0 Å². The Hall–Kier alpha value is -3.86.